The first kappa shape index (κ1) is 21.4. The van der Waals surface area contributed by atoms with Crippen LogP contribution in [-0.4, -0.2) is 10.9 Å². The van der Waals surface area contributed by atoms with Gasteiger partial charge in [-0.15, -0.1) is 0 Å². The van der Waals surface area contributed by atoms with Crippen LogP contribution in [-0.2, 0) is 4.79 Å². The summed E-state index contributed by atoms with van der Waals surface area (Å²) < 4.78 is 1.93. The Labute approximate surface area is 181 Å². The van der Waals surface area contributed by atoms with E-state index in [-0.39, 0.29) is 0 Å². The van der Waals surface area contributed by atoms with Crippen molar-refractivity contribution in [3.05, 3.63) is 89.9 Å². The van der Waals surface area contributed by atoms with Gasteiger partial charge in [-0.25, -0.2) is 4.98 Å². The van der Waals surface area contributed by atoms with Gasteiger partial charge in [0.15, 0.2) is 0 Å². The third kappa shape index (κ3) is 6.65. The van der Waals surface area contributed by atoms with Gasteiger partial charge in [0.25, 0.3) is 0 Å². The predicted molar refractivity (Wildman–Crippen MR) is 117 cm³/mol. The molecule has 0 saturated heterocycles. The number of nitrogens with zero attached hydrogens (tertiary/aromatic N) is 4. The first-order valence-electron chi connectivity index (χ1n) is 7.32. The van der Waals surface area contributed by atoms with Crippen LogP contribution in [0.1, 0.15) is 5.56 Å². The van der Waals surface area contributed by atoms with E-state index in [1.807, 2.05) is 42.5 Å². The van der Waals surface area contributed by atoms with E-state index in [0.717, 1.165) is 25.3 Å². The number of rotatable bonds is 2. The number of halogens is 4. The minimum Gasteiger partial charge on any atom is -0.288 e. The first-order chi connectivity index (χ1) is 12.9. The molecule has 5 nitrogen and oxygen atoms in total. The lowest BCUT2D eigenvalue weighted by Crippen LogP contribution is -1.82. The van der Waals surface area contributed by atoms with Crippen LogP contribution < -0.4 is 0 Å². The quantitative estimate of drug-likeness (QED) is 0.113. The third-order valence-electron chi connectivity index (χ3n) is 3.18. The molecule has 0 aliphatic heterocycles. The van der Waals surface area contributed by atoms with Gasteiger partial charge in [-0.05, 0) is 46.6 Å². The molecular weight excluding hydrogens is 519 g/mol. The zero-order chi connectivity index (χ0) is 19.8. The van der Waals surface area contributed by atoms with Crippen molar-refractivity contribution in [3.63, 3.8) is 0 Å². The second kappa shape index (κ2) is 10.4. The molecular formula is C18H10Br2Cl2N4O. The summed E-state index contributed by atoms with van der Waals surface area (Å²) in [6.07, 6.45) is 4.37. The van der Waals surface area contributed by atoms with Crippen molar-refractivity contribution in [2.24, 2.45) is 5.11 Å². The molecule has 136 valence electrons. The topological polar surface area (TPSA) is 78.7 Å². The zero-order valence-electron chi connectivity index (χ0n) is 13.5. The van der Waals surface area contributed by atoms with E-state index in [1.165, 1.54) is 6.08 Å². The van der Waals surface area contributed by atoms with Gasteiger partial charge in [-0.3, -0.25) is 4.79 Å². The fourth-order valence-electron chi connectivity index (χ4n) is 1.97. The van der Waals surface area contributed by atoms with Crippen LogP contribution in [0.2, 0.25) is 10.2 Å². The molecule has 0 unspecified atom stereocenters. The summed E-state index contributed by atoms with van der Waals surface area (Å²) in [4.78, 5) is 17.1. The molecule has 27 heavy (non-hydrogen) atoms. The molecule has 0 aliphatic carbocycles. The summed E-state index contributed by atoms with van der Waals surface area (Å²) in [6.45, 7) is 0. The van der Waals surface area contributed by atoms with Crippen molar-refractivity contribution >= 4 is 77.8 Å². The molecule has 1 aromatic heterocycles. The number of benzene rings is 2. The summed E-state index contributed by atoms with van der Waals surface area (Å²) in [7, 11) is 0. The molecule has 0 N–H and O–H groups in total. The van der Waals surface area contributed by atoms with Crippen molar-refractivity contribution < 1.29 is 4.79 Å². The van der Waals surface area contributed by atoms with E-state index >= 15 is 0 Å². The van der Waals surface area contributed by atoms with Gasteiger partial charge in [0.05, 0.1) is 5.02 Å². The van der Waals surface area contributed by atoms with Crippen molar-refractivity contribution in [1.29, 1.82) is 0 Å². The molecule has 0 radical (unpaired) electrons. The number of hydrogen-bond donors (Lipinski definition) is 0. The van der Waals surface area contributed by atoms with Crippen LogP contribution in [0.4, 0.5) is 0 Å². The van der Waals surface area contributed by atoms with Crippen molar-refractivity contribution in [2.45, 2.75) is 0 Å². The molecule has 3 aromatic rings. The third-order valence-corrected chi connectivity index (χ3v) is 4.81. The largest absolute Gasteiger partial charge is 0.288 e. The maximum Gasteiger partial charge on any atom is 0.242 e. The number of hydrogen-bond acceptors (Lipinski definition) is 2. The Bertz CT molecular complexity index is 1050. The van der Waals surface area contributed by atoms with E-state index < -0.39 is 5.91 Å². The maximum atomic E-state index is 10.8. The van der Waals surface area contributed by atoms with E-state index in [4.69, 9.17) is 28.7 Å². The van der Waals surface area contributed by atoms with E-state index in [1.54, 1.807) is 12.3 Å². The summed E-state index contributed by atoms with van der Waals surface area (Å²) in [5.74, 6) is -0.601. The summed E-state index contributed by atoms with van der Waals surface area (Å²) in [5, 5.41) is 5.78. The average Bonchev–Trinajstić information content (AvgIpc) is 2.65. The average molecular weight is 529 g/mol. The molecule has 1 amide bonds. The smallest absolute Gasteiger partial charge is 0.242 e. The summed E-state index contributed by atoms with van der Waals surface area (Å²) in [5.41, 5.74) is 8.84. The van der Waals surface area contributed by atoms with Gasteiger partial charge in [0.1, 0.15) is 5.15 Å². The lowest BCUT2D eigenvalue weighted by molar-refractivity contribution is -0.113. The molecule has 0 aliphatic rings. The lowest BCUT2D eigenvalue weighted by atomic mass is 10.2. The van der Waals surface area contributed by atoms with Gasteiger partial charge >= 0.3 is 0 Å². The summed E-state index contributed by atoms with van der Waals surface area (Å²) >= 11 is 18.5. The molecule has 3 rings (SSSR count). The Balaban J connectivity index is 0.000000194. The molecule has 0 bridgehead atoms. The predicted octanol–water partition coefficient (Wildman–Crippen LogP) is 7.60. The normalized spacial score (nSPS) is 10.2. The number of azide groups is 1. The number of carbonyl (C=O) groups excluding carboxylic acids is 1. The fourth-order valence-corrected chi connectivity index (χ4v) is 3.01. The van der Waals surface area contributed by atoms with Crippen LogP contribution >= 0.6 is 55.1 Å². The SMILES string of the molecule is Clc1cnc(Cl)c2cc(Br)ccc12.[N-]=[N+]=NC(=O)/C=C\c1ccc(Br)cc1. The fraction of sp³-hybridized carbons (Fsp3) is 0. The molecule has 0 saturated carbocycles. The van der Waals surface area contributed by atoms with Crippen LogP contribution in [0, 0.1) is 0 Å². The van der Waals surface area contributed by atoms with Gasteiger partial charge < -0.3 is 0 Å². The monoisotopic (exact) mass is 526 g/mol. The van der Waals surface area contributed by atoms with Crippen molar-refractivity contribution in [1.82, 2.24) is 4.98 Å². The maximum absolute atomic E-state index is 10.8. The van der Waals surface area contributed by atoms with Gasteiger partial charge in [0.2, 0.25) is 5.91 Å². The molecule has 0 spiro atoms. The highest BCUT2D eigenvalue weighted by atomic mass is 79.9. The minimum absolute atomic E-state index is 0.473. The van der Waals surface area contributed by atoms with Gasteiger partial charge in [-0.1, -0.05) is 79.3 Å². The highest BCUT2D eigenvalue weighted by Crippen LogP contribution is 2.29. The number of aromatic nitrogens is 1. The van der Waals surface area contributed by atoms with Crippen LogP contribution in [0.3, 0.4) is 0 Å². The van der Waals surface area contributed by atoms with Crippen LogP contribution in [0.15, 0.2) is 68.8 Å². The molecule has 0 atom stereocenters. The molecule has 9 heteroatoms. The Morgan fingerprint density at radius 1 is 1.07 bits per heavy atom. The van der Waals surface area contributed by atoms with Gasteiger partial charge in [-0.2, -0.15) is 0 Å². The Morgan fingerprint density at radius 2 is 1.74 bits per heavy atom. The second-order valence-electron chi connectivity index (χ2n) is 5.00. The van der Waals surface area contributed by atoms with E-state index in [9.17, 15) is 4.79 Å². The molecule has 1 heterocycles. The van der Waals surface area contributed by atoms with E-state index in [0.29, 0.717) is 10.2 Å². The van der Waals surface area contributed by atoms with Crippen molar-refractivity contribution in [2.75, 3.05) is 0 Å². The van der Waals surface area contributed by atoms with Crippen molar-refractivity contribution in [3.8, 4) is 0 Å². The standard InChI is InChI=1S/C9H4BrCl2N.C9H6BrN3O/c10-5-1-2-6-7(3-5)9(12)13-4-8(6)11;10-8-4-1-7(2-5-8)3-6-9(14)12-13-11/h1-4H;1-6H/b;6-3-. The zero-order valence-corrected chi connectivity index (χ0v) is 18.2. The number of pyridine rings is 1. The highest BCUT2D eigenvalue weighted by Gasteiger charge is 2.04. The Morgan fingerprint density at radius 3 is 2.41 bits per heavy atom. The Kier molecular flexibility index (Phi) is 8.28. The number of amides is 1. The number of fused-ring (bicyclic) bond motifs is 1. The lowest BCUT2D eigenvalue weighted by Gasteiger charge is -2.01. The highest BCUT2D eigenvalue weighted by molar-refractivity contribution is 9.10. The Hall–Kier alpha value is -1.89. The van der Waals surface area contributed by atoms with Gasteiger partial charge in [0, 0.05) is 30.8 Å². The van der Waals surface area contributed by atoms with E-state index in [2.05, 4.69) is 46.9 Å². The van der Waals surface area contributed by atoms with Crippen LogP contribution in [0.5, 0.6) is 0 Å². The second-order valence-corrected chi connectivity index (χ2v) is 7.60. The minimum atomic E-state index is -0.601. The first-order valence-corrected chi connectivity index (χ1v) is 9.67. The summed E-state index contributed by atoms with van der Waals surface area (Å²) in [6, 6.07) is 13.1. The number of carbonyl (C=O) groups is 1. The molecule has 0 fully saturated rings. The molecule has 2 aromatic carbocycles. The van der Waals surface area contributed by atoms with Crippen LogP contribution in [0.25, 0.3) is 27.3 Å².